The summed E-state index contributed by atoms with van der Waals surface area (Å²) in [5.74, 6) is 0. The maximum absolute atomic E-state index is 9.09. The van der Waals surface area contributed by atoms with Gasteiger partial charge in [0, 0.05) is 6.54 Å². The van der Waals surface area contributed by atoms with Gasteiger partial charge in [0.25, 0.3) is 0 Å². The fourth-order valence-corrected chi connectivity index (χ4v) is 1.89. The van der Waals surface area contributed by atoms with Crippen LogP contribution >= 0.6 is 0 Å². The van der Waals surface area contributed by atoms with Crippen molar-refractivity contribution in [3.63, 3.8) is 0 Å². The molecule has 0 rings (SSSR count). The van der Waals surface area contributed by atoms with Crippen LogP contribution < -0.4 is 5.32 Å². The number of aliphatic hydroxyl groups is 2. The third-order valence-electron chi connectivity index (χ3n) is 3.05. The van der Waals surface area contributed by atoms with Gasteiger partial charge in [0.1, 0.15) is 0 Å². The second kappa shape index (κ2) is 13.9. The van der Waals surface area contributed by atoms with Gasteiger partial charge in [-0.2, -0.15) is 0 Å². The van der Waals surface area contributed by atoms with E-state index in [1.54, 1.807) is 0 Å². The molecule has 0 aliphatic heterocycles. The van der Waals surface area contributed by atoms with Gasteiger partial charge in [-0.15, -0.1) is 0 Å². The van der Waals surface area contributed by atoms with Gasteiger partial charge in [-0.1, -0.05) is 58.3 Å². The molecule has 104 valence electrons. The molecule has 3 heteroatoms. The third-order valence-corrected chi connectivity index (χ3v) is 3.05. The average molecular weight is 245 g/mol. The summed E-state index contributed by atoms with van der Waals surface area (Å²) in [4.78, 5) is 0. The molecule has 0 saturated carbocycles. The van der Waals surface area contributed by atoms with Gasteiger partial charge in [0.15, 0.2) is 0 Å². The molecule has 0 aliphatic rings. The molecule has 3 N–H and O–H groups in total. The fraction of sp³-hybridized carbons (Fsp3) is 1.00. The standard InChI is InChI=1S/C14H31NO2/c1-2-3-4-5-6-7-8-9-10-11-15-12-14(17)13-16/h14-17H,2-13H2,1H3. The SMILES string of the molecule is CCCCCCCCCCCNCC(O)CO. The fourth-order valence-electron chi connectivity index (χ4n) is 1.89. The maximum Gasteiger partial charge on any atom is 0.0894 e. The van der Waals surface area contributed by atoms with Crippen molar-refractivity contribution in [2.45, 2.75) is 70.8 Å². The molecule has 0 aromatic heterocycles. The Labute approximate surface area is 107 Å². The first-order chi connectivity index (χ1) is 8.31. The summed E-state index contributed by atoms with van der Waals surface area (Å²) in [6.45, 7) is 3.56. The molecule has 17 heavy (non-hydrogen) atoms. The molecule has 0 amide bonds. The first-order valence-corrected chi connectivity index (χ1v) is 7.31. The highest BCUT2D eigenvalue weighted by Crippen LogP contribution is 2.09. The van der Waals surface area contributed by atoms with Crippen LogP contribution in [0.1, 0.15) is 64.7 Å². The highest BCUT2D eigenvalue weighted by atomic mass is 16.3. The molecule has 0 fully saturated rings. The molecule has 0 radical (unpaired) electrons. The topological polar surface area (TPSA) is 52.5 Å². The van der Waals surface area contributed by atoms with E-state index in [2.05, 4.69) is 12.2 Å². The lowest BCUT2D eigenvalue weighted by Gasteiger charge is -2.08. The number of unbranched alkanes of at least 4 members (excludes halogenated alkanes) is 8. The van der Waals surface area contributed by atoms with Crippen LogP contribution in [0.25, 0.3) is 0 Å². The zero-order valence-electron chi connectivity index (χ0n) is 11.5. The Morgan fingerprint density at radius 1 is 0.882 bits per heavy atom. The number of hydrogen-bond donors (Lipinski definition) is 3. The lowest BCUT2D eigenvalue weighted by Crippen LogP contribution is -2.29. The van der Waals surface area contributed by atoms with Crippen LogP contribution in [0.15, 0.2) is 0 Å². The Morgan fingerprint density at radius 3 is 1.94 bits per heavy atom. The van der Waals surface area contributed by atoms with Crippen LogP contribution in [0, 0.1) is 0 Å². The largest absolute Gasteiger partial charge is 0.394 e. The van der Waals surface area contributed by atoms with Crippen LogP contribution in [0.4, 0.5) is 0 Å². The summed E-state index contributed by atoms with van der Waals surface area (Å²) in [5, 5.41) is 20.8. The lowest BCUT2D eigenvalue weighted by atomic mass is 10.1. The van der Waals surface area contributed by atoms with Crippen molar-refractivity contribution in [3.8, 4) is 0 Å². The van der Waals surface area contributed by atoms with E-state index in [0.717, 1.165) is 6.54 Å². The van der Waals surface area contributed by atoms with E-state index in [9.17, 15) is 0 Å². The van der Waals surface area contributed by atoms with Crippen LogP contribution in [-0.4, -0.2) is 36.0 Å². The smallest absolute Gasteiger partial charge is 0.0894 e. The van der Waals surface area contributed by atoms with Gasteiger partial charge < -0.3 is 15.5 Å². The summed E-state index contributed by atoms with van der Waals surface area (Å²) in [5.41, 5.74) is 0. The van der Waals surface area contributed by atoms with Crippen molar-refractivity contribution >= 4 is 0 Å². The number of nitrogens with one attached hydrogen (secondary N) is 1. The molecular formula is C14H31NO2. The minimum atomic E-state index is -0.603. The van der Waals surface area contributed by atoms with Crippen molar-refractivity contribution in [1.82, 2.24) is 5.32 Å². The molecule has 0 bridgehead atoms. The molecule has 0 spiro atoms. The quantitative estimate of drug-likeness (QED) is 0.437. The van der Waals surface area contributed by atoms with E-state index in [0.29, 0.717) is 6.54 Å². The Hall–Kier alpha value is -0.120. The summed E-state index contributed by atoms with van der Waals surface area (Å²) in [6.07, 6.45) is 11.4. The van der Waals surface area contributed by atoms with E-state index in [-0.39, 0.29) is 6.61 Å². The van der Waals surface area contributed by atoms with Gasteiger partial charge in [-0.25, -0.2) is 0 Å². The maximum atomic E-state index is 9.09. The van der Waals surface area contributed by atoms with E-state index in [1.807, 2.05) is 0 Å². The molecule has 0 aliphatic carbocycles. The van der Waals surface area contributed by atoms with E-state index in [1.165, 1.54) is 57.8 Å². The Kier molecular flexibility index (Phi) is 13.8. The predicted molar refractivity (Wildman–Crippen MR) is 73.2 cm³/mol. The Balaban J connectivity index is 2.94. The normalized spacial score (nSPS) is 12.9. The van der Waals surface area contributed by atoms with Crippen molar-refractivity contribution < 1.29 is 10.2 Å². The van der Waals surface area contributed by atoms with Gasteiger partial charge in [-0.3, -0.25) is 0 Å². The number of rotatable bonds is 13. The summed E-state index contributed by atoms with van der Waals surface area (Å²) < 4.78 is 0. The minimum Gasteiger partial charge on any atom is -0.394 e. The first-order valence-electron chi connectivity index (χ1n) is 7.31. The highest BCUT2D eigenvalue weighted by molar-refractivity contribution is 4.57. The van der Waals surface area contributed by atoms with Crippen LogP contribution in [0.2, 0.25) is 0 Å². The van der Waals surface area contributed by atoms with E-state index < -0.39 is 6.10 Å². The molecular weight excluding hydrogens is 214 g/mol. The third kappa shape index (κ3) is 13.8. The van der Waals surface area contributed by atoms with Gasteiger partial charge in [0.05, 0.1) is 12.7 Å². The van der Waals surface area contributed by atoms with Gasteiger partial charge in [-0.05, 0) is 13.0 Å². The Bertz CT molecular complexity index is 142. The molecule has 1 atom stereocenters. The lowest BCUT2D eigenvalue weighted by molar-refractivity contribution is 0.0945. The van der Waals surface area contributed by atoms with Crippen LogP contribution in [-0.2, 0) is 0 Å². The van der Waals surface area contributed by atoms with Crippen molar-refractivity contribution in [2.75, 3.05) is 19.7 Å². The Morgan fingerprint density at radius 2 is 1.41 bits per heavy atom. The summed E-state index contributed by atoms with van der Waals surface area (Å²) in [7, 11) is 0. The molecule has 1 unspecified atom stereocenters. The van der Waals surface area contributed by atoms with Crippen LogP contribution in [0.5, 0.6) is 0 Å². The molecule has 0 heterocycles. The van der Waals surface area contributed by atoms with Crippen LogP contribution in [0.3, 0.4) is 0 Å². The average Bonchev–Trinajstić information content (AvgIpc) is 2.35. The van der Waals surface area contributed by atoms with Crippen molar-refractivity contribution in [1.29, 1.82) is 0 Å². The monoisotopic (exact) mass is 245 g/mol. The molecule has 0 aromatic rings. The van der Waals surface area contributed by atoms with Gasteiger partial charge >= 0.3 is 0 Å². The number of aliphatic hydroxyl groups excluding tert-OH is 2. The van der Waals surface area contributed by atoms with E-state index >= 15 is 0 Å². The second-order valence-corrected chi connectivity index (χ2v) is 4.87. The van der Waals surface area contributed by atoms with E-state index in [4.69, 9.17) is 10.2 Å². The molecule has 0 saturated heterocycles. The zero-order valence-corrected chi connectivity index (χ0v) is 11.5. The molecule has 0 aromatic carbocycles. The zero-order chi connectivity index (χ0) is 12.8. The summed E-state index contributed by atoms with van der Waals surface area (Å²) in [6, 6.07) is 0. The summed E-state index contributed by atoms with van der Waals surface area (Å²) >= 11 is 0. The predicted octanol–water partition coefficient (Wildman–Crippen LogP) is 2.46. The van der Waals surface area contributed by atoms with Gasteiger partial charge in [0.2, 0.25) is 0 Å². The minimum absolute atomic E-state index is 0.148. The second-order valence-electron chi connectivity index (χ2n) is 4.87. The highest BCUT2D eigenvalue weighted by Gasteiger charge is 1.99. The first kappa shape index (κ1) is 16.9. The van der Waals surface area contributed by atoms with Crippen molar-refractivity contribution in [2.24, 2.45) is 0 Å². The number of hydrogen-bond acceptors (Lipinski definition) is 3. The van der Waals surface area contributed by atoms with Crippen molar-refractivity contribution in [3.05, 3.63) is 0 Å². The molecule has 3 nitrogen and oxygen atoms in total.